The lowest BCUT2D eigenvalue weighted by atomic mass is 10.2. The molecule has 0 radical (unpaired) electrons. The van der Waals surface area contributed by atoms with Gasteiger partial charge in [0.05, 0.1) is 0 Å². The first-order valence-corrected chi connectivity index (χ1v) is 8.00. The second-order valence-corrected chi connectivity index (χ2v) is 6.19. The Morgan fingerprint density at radius 2 is 1.87 bits per heavy atom. The quantitative estimate of drug-likeness (QED) is 0.881. The predicted octanol–water partition coefficient (Wildman–Crippen LogP) is 4.38. The largest absolute Gasteiger partial charge is 0.323 e. The van der Waals surface area contributed by atoms with Crippen molar-refractivity contribution < 1.29 is 18.0 Å². The Hall–Kier alpha value is -2.15. The zero-order chi connectivity index (χ0) is 16.4. The number of carbonyl (C=O) groups excluding carboxylic acids is 1. The average Bonchev–Trinajstić information content (AvgIpc) is 3.01. The summed E-state index contributed by atoms with van der Waals surface area (Å²) in [5, 5.41) is 2.07. The van der Waals surface area contributed by atoms with E-state index in [0.717, 1.165) is 12.1 Å². The molecule has 120 valence electrons. The van der Waals surface area contributed by atoms with Crippen LogP contribution >= 0.6 is 11.8 Å². The van der Waals surface area contributed by atoms with Crippen molar-refractivity contribution in [2.45, 2.75) is 5.37 Å². The van der Waals surface area contributed by atoms with Gasteiger partial charge in [-0.1, -0.05) is 18.2 Å². The third kappa shape index (κ3) is 3.29. The normalized spacial score (nSPS) is 17.3. The molecule has 3 nitrogen and oxygen atoms in total. The summed E-state index contributed by atoms with van der Waals surface area (Å²) in [5.74, 6) is -1.73. The summed E-state index contributed by atoms with van der Waals surface area (Å²) in [6, 6.07) is 8.93. The molecule has 0 bridgehead atoms. The van der Waals surface area contributed by atoms with Gasteiger partial charge in [-0.3, -0.25) is 0 Å². The maximum atomic E-state index is 13.9. The van der Waals surface area contributed by atoms with E-state index in [1.165, 1.54) is 28.8 Å². The fraction of sp³-hybridized carbons (Fsp3) is 0.188. The van der Waals surface area contributed by atoms with E-state index in [-0.39, 0.29) is 11.5 Å². The summed E-state index contributed by atoms with van der Waals surface area (Å²) >= 11 is 1.45. The van der Waals surface area contributed by atoms with Gasteiger partial charge in [0.2, 0.25) is 0 Å². The van der Waals surface area contributed by atoms with Crippen molar-refractivity contribution in [2.24, 2.45) is 0 Å². The molecule has 1 N–H and O–H groups in total. The highest BCUT2D eigenvalue weighted by molar-refractivity contribution is 7.99. The van der Waals surface area contributed by atoms with Gasteiger partial charge in [0, 0.05) is 29.6 Å². The summed E-state index contributed by atoms with van der Waals surface area (Å²) in [4.78, 5) is 13.8. The molecule has 0 aromatic heterocycles. The third-order valence-electron chi connectivity index (χ3n) is 3.49. The topological polar surface area (TPSA) is 32.3 Å². The van der Waals surface area contributed by atoms with Crippen molar-refractivity contribution >= 4 is 23.5 Å². The maximum Gasteiger partial charge on any atom is 0.323 e. The summed E-state index contributed by atoms with van der Waals surface area (Å²) in [6.45, 7) is 0.444. The van der Waals surface area contributed by atoms with E-state index < -0.39 is 23.0 Å². The molecule has 0 aliphatic carbocycles. The molecule has 1 unspecified atom stereocenters. The van der Waals surface area contributed by atoms with Crippen molar-refractivity contribution in [3.8, 4) is 0 Å². The minimum Gasteiger partial charge on any atom is -0.308 e. The summed E-state index contributed by atoms with van der Waals surface area (Å²) in [6.07, 6.45) is 0. The van der Waals surface area contributed by atoms with Crippen LogP contribution in [-0.2, 0) is 0 Å². The Labute approximate surface area is 135 Å². The molecular weight excluding hydrogens is 325 g/mol. The summed E-state index contributed by atoms with van der Waals surface area (Å²) in [5.41, 5.74) is 0.577. The van der Waals surface area contributed by atoms with Crippen molar-refractivity contribution in [1.82, 2.24) is 4.90 Å². The molecule has 2 aromatic rings. The zero-order valence-electron chi connectivity index (χ0n) is 11.9. The minimum absolute atomic E-state index is 0.151. The first kappa shape index (κ1) is 15.7. The molecule has 7 heteroatoms. The third-order valence-corrected chi connectivity index (χ3v) is 4.74. The van der Waals surface area contributed by atoms with Gasteiger partial charge in [-0.05, 0) is 18.2 Å². The average molecular weight is 338 g/mol. The van der Waals surface area contributed by atoms with Crippen LogP contribution < -0.4 is 5.32 Å². The predicted molar refractivity (Wildman–Crippen MR) is 83.7 cm³/mol. The van der Waals surface area contributed by atoms with E-state index >= 15 is 0 Å². The van der Waals surface area contributed by atoms with Crippen molar-refractivity contribution in [1.29, 1.82) is 0 Å². The second kappa shape index (κ2) is 6.54. The lowest BCUT2D eigenvalue weighted by Gasteiger charge is -2.24. The van der Waals surface area contributed by atoms with Crippen LogP contribution in [0.15, 0.2) is 42.5 Å². The highest BCUT2D eigenvalue weighted by atomic mass is 32.2. The van der Waals surface area contributed by atoms with Crippen molar-refractivity contribution in [2.75, 3.05) is 17.6 Å². The molecule has 23 heavy (non-hydrogen) atoms. The van der Waals surface area contributed by atoms with Crippen LogP contribution in [0.1, 0.15) is 10.9 Å². The van der Waals surface area contributed by atoms with E-state index in [0.29, 0.717) is 17.9 Å². The molecule has 3 rings (SSSR count). The van der Waals surface area contributed by atoms with Crippen LogP contribution in [0.4, 0.5) is 23.7 Å². The van der Waals surface area contributed by atoms with Gasteiger partial charge in [-0.25, -0.2) is 18.0 Å². The number of rotatable bonds is 2. The van der Waals surface area contributed by atoms with E-state index in [1.54, 1.807) is 18.2 Å². The number of nitrogens with zero attached hydrogens (tertiary/aromatic N) is 1. The Morgan fingerprint density at radius 3 is 2.61 bits per heavy atom. The zero-order valence-corrected chi connectivity index (χ0v) is 12.7. The molecule has 0 saturated carbocycles. The van der Waals surface area contributed by atoms with Crippen LogP contribution in [0.3, 0.4) is 0 Å². The number of nitrogens with one attached hydrogen (secondary N) is 1. The van der Waals surface area contributed by atoms with E-state index in [2.05, 4.69) is 5.32 Å². The summed E-state index contributed by atoms with van der Waals surface area (Å²) < 4.78 is 40.1. The number of halogens is 3. The Balaban J connectivity index is 1.78. The highest BCUT2D eigenvalue weighted by Crippen LogP contribution is 2.39. The Morgan fingerprint density at radius 1 is 1.09 bits per heavy atom. The van der Waals surface area contributed by atoms with Gasteiger partial charge in [-0.15, -0.1) is 11.8 Å². The van der Waals surface area contributed by atoms with Gasteiger partial charge in [0.1, 0.15) is 11.2 Å². The fourth-order valence-corrected chi connectivity index (χ4v) is 3.66. The molecule has 1 atom stereocenters. The number of benzene rings is 2. The molecule has 1 fully saturated rings. The summed E-state index contributed by atoms with van der Waals surface area (Å²) in [7, 11) is 0. The number of hydrogen-bond donors (Lipinski definition) is 1. The van der Waals surface area contributed by atoms with Crippen LogP contribution in [0.5, 0.6) is 0 Å². The van der Waals surface area contributed by atoms with Gasteiger partial charge in [0.15, 0.2) is 11.6 Å². The van der Waals surface area contributed by atoms with Gasteiger partial charge >= 0.3 is 6.03 Å². The number of urea groups is 1. The standard InChI is InChI=1S/C16H13F3N2OS/c17-12-4-2-1-3-11(12)15-21(7-8-23-15)16(22)20-10-5-6-13(18)14(19)9-10/h1-6,9,15H,7-8H2,(H,20,22). The van der Waals surface area contributed by atoms with Crippen LogP contribution in [-0.4, -0.2) is 23.2 Å². The van der Waals surface area contributed by atoms with Gasteiger partial charge in [0.25, 0.3) is 0 Å². The van der Waals surface area contributed by atoms with Gasteiger partial charge in [-0.2, -0.15) is 0 Å². The molecule has 2 amide bonds. The number of amides is 2. The smallest absolute Gasteiger partial charge is 0.308 e. The molecule has 2 aromatic carbocycles. The fourth-order valence-electron chi connectivity index (χ4n) is 2.38. The highest BCUT2D eigenvalue weighted by Gasteiger charge is 2.32. The van der Waals surface area contributed by atoms with E-state index in [9.17, 15) is 18.0 Å². The Kier molecular flexibility index (Phi) is 4.47. The molecule has 1 aliphatic heterocycles. The molecule has 1 aliphatic rings. The van der Waals surface area contributed by atoms with Crippen molar-refractivity contribution in [3.63, 3.8) is 0 Å². The number of hydrogen-bond acceptors (Lipinski definition) is 2. The lowest BCUT2D eigenvalue weighted by Crippen LogP contribution is -2.34. The van der Waals surface area contributed by atoms with E-state index in [1.807, 2.05) is 0 Å². The van der Waals surface area contributed by atoms with E-state index in [4.69, 9.17) is 0 Å². The SMILES string of the molecule is O=C(Nc1ccc(F)c(F)c1)N1CCSC1c1ccccc1F. The first-order chi connectivity index (χ1) is 11.1. The molecule has 1 saturated heterocycles. The Bertz CT molecular complexity index is 741. The lowest BCUT2D eigenvalue weighted by molar-refractivity contribution is 0.213. The van der Waals surface area contributed by atoms with Crippen LogP contribution in [0.25, 0.3) is 0 Å². The first-order valence-electron chi connectivity index (χ1n) is 6.95. The van der Waals surface area contributed by atoms with Gasteiger partial charge < -0.3 is 10.2 Å². The minimum atomic E-state index is -1.04. The maximum absolute atomic E-state index is 13.9. The molecular formula is C16H13F3N2OS. The molecule has 0 spiro atoms. The second-order valence-electron chi connectivity index (χ2n) is 5.00. The number of thioether (sulfide) groups is 1. The van der Waals surface area contributed by atoms with Crippen LogP contribution in [0, 0.1) is 17.5 Å². The number of carbonyl (C=O) groups is 1. The monoisotopic (exact) mass is 338 g/mol. The van der Waals surface area contributed by atoms with Crippen molar-refractivity contribution in [3.05, 3.63) is 65.5 Å². The molecule has 1 heterocycles. The van der Waals surface area contributed by atoms with Crippen LogP contribution in [0.2, 0.25) is 0 Å². The number of anilines is 1.